The van der Waals surface area contributed by atoms with Crippen LogP contribution in [0.2, 0.25) is 0 Å². The van der Waals surface area contributed by atoms with Gasteiger partial charge in [0, 0.05) is 63.6 Å². The van der Waals surface area contributed by atoms with E-state index in [1.807, 2.05) is 51.1 Å². The van der Waals surface area contributed by atoms with Crippen molar-refractivity contribution in [2.24, 2.45) is 5.41 Å². The van der Waals surface area contributed by atoms with Gasteiger partial charge in [-0.25, -0.2) is 4.79 Å². The van der Waals surface area contributed by atoms with Gasteiger partial charge in [0.2, 0.25) is 0 Å². The Labute approximate surface area is 224 Å². The molecule has 0 bridgehead atoms. The molecule has 4 rings (SSSR count). The number of likely N-dealkylation sites (tertiary alicyclic amines) is 1. The maximum atomic E-state index is 13.4. The number of hydrogen-bond acceptors (Lipinski definition) is 6. The molecule has 2 saturated heterocycles. The second-order valence-electron chi connectivity index (χ2n) is 11.7. The van der Waals surface area contributed by atoms with E-state index in [0.29, 0.717) is 50.3 Å². The third-order valence-electron chi connectivity index (χ3n) is 7.66. The molecule has 9 nitrogen and oxygen atoms in total. The Bertz CT molecular complexity index is 1230. The van der Waals surface area contributed by atoms with Gasteiger partial charge in [-0.3, -0.25) is 9.59 Å². The summed E-state index contributed by atoms with van der Waals surface area (Å²) in [6.45, 7) is 7.01. The Balaban J connectivity index is 1.71. The van der Waals surface area contributed by atoms with Crippen LogP contribution in [0.5, 0.6) is 0 Å². The first-order valence-electron chi connectivity index (χ1n) is 13.1. The molecule has 0 saturated carbocycles. The molecule has 2 aliphatic heterocycles. The molecular formula is C29H39N3O6. The number of pyridine rings is 1. The molecular weight excluding hydrogens is 486 g/mol. The normalized spacial score (nSPS) is 21.3. The second kappa shape index (κ2) is 10.5. The molecule has 1 spiro atoms. The van der Waals surface area contributed by atoms with Gasteiger partial charge in [0.1, 0.15) is 5.60 Å². The van der Waals surface area contributed by atoms with E-state index in [9.17, 15) is 19.5 Å². The maximum absolute atomic E-state index is 13.4. The standard InChI is InChI=1S/C29H39N3O6/c1-27(2,3)38-26(35)31-14-11-29(36,28(19-31)12-15-37-16-13-28)20-32-18-23(25(34)30(4)5)22(17-24(32)33)21-9-7-6-8-10-21/h6-10,17-18,36H,11-16,19-20H2,1-5H3. The van der Waals surface area contributed by atoms with Crippen molar-refractivity contribution in [1.29, 1.82) is 0 Å². The summed E-state index contributed by atoms with van der Waals surface area (Å²) in [5.74, 6) is -0.231. The molecule has 0 aliphatic carbocycles. The zero-order chi connectivity index (χ0) is 27.7. The van der Waals surface area contributed by atoms with Crippen molar-refractivity contribution in [2.75, 3.05) is 40.4 Å². The van der Waals surface area contributed by atoms with Crippen LogP contribution in [-0.2, 0) is 16.0 Å². The van der Waals surface area contributed by atoms with Crippen molar-refractivity contribution in [1.82, 2.24) is 14.4 Å². The number of nitrogens with zero attached hydrogens (tertiary/aromatic N) is 3. The summed E-state index contributed by atoms with van der Waals surface area (Å²) < 4.78 is 12.7. The molecule has 1 atom stereocenters. The largest absolute Gasteiger partial charge is 0.444 e. The molecule has 206 valence electrons. The summed E-state index contributed by atoms with van der Waals surface area (Å²) >= 11 is 0. The first kappa shape index (κ1) is 27.9. The highest BCUT2D eigenvalue weighted by Crippen LogP contribution is 2.47. The minimum absolute atomic E-state index is 0.0107. The van der Waals surface area contributed by atoms with Crippen LogP contribution in [-0.4, -0.2) is 83.1 Å². The van der Waals surface area contributed by atoms with Crippen molar-refractivity contribution in [3.63, 3.8) is 0 Å². The van der Waals surface area contributed by atoms with Crippen LogP contribution in [0.4, 0.5) is 4.79 Å². The quantitative estimate of drug-likeness (QED) is 0.657. The predicted octanol–water partition coefficient (Wildman–Crippen LogP) is 3.39. The van der Waals surface area contributed by atoms with Gasteiger partial charge in [-0.05, 0) is 45.6 Å². The van der Waals surface area contributed by atoms with Crippen molar-refractivity contribution in [2.45, 2.75) is 57.8 Å². The van der Waals surface area contributed by atoms with Gasteiger partial charge < -0.3 is 28.9 Å². The van der Waals surface area contributed by atoms with Gasteiger partial charge in [0.15, 0.2) is 0 Å². The van der Waals surface area contributed by atoms with Crippen LogP contribution in [0.1, 0.15) is 50.4 Å². The lowest BCUT2D eigenvalue weighted by molar-refractivity contribution is -0.176. The SMILES string of the molecule is CN(C)C(=O)c1cn(CC2(O)CCN(C(=O)OC(C)(C)C)CC23CCOCC3)c(=O)cc1-c1ccccc1. The zero-order valence-corrected chi connectivity index (χ0v) is 23.0. The lowest BCUT2D eigenvalue weighted by Gasteiger charge is -2.55. The number of amides is 2. The van der Waals surface area contributed by atoms with Crippen LogP contribution in [0, 0.1) is 5.41 Å². The van der Waals surface area contributed by atoms with E-state index in [1.165, 1.54) is 15.5 Å². The Hall–Kier alpha value is -3.17. The van der Waals surface area contributed by atoms with Crippen LogP contribution >= 0.6 is 0 Å². The van der Waals surface area contributed by atoms with E-state index in [0.717, 1.165) is 5.56 Å². The molecule has 1 unspecified atom stereocenters. The first-order chi connectivity index (χ1) is 17.8. The fraction of sp³-hybridized carbons (Fsp3) is 0.552. The molecule has 9 heteroatoms. The average Bonchev–Trinajstić information content (AvgIpc) is 2.86. The lowest BCUT2D eigenvalue weighted by atomic mass is 9.63. The number of aromatic nitrogens is 1. The number of aliphatic hydroxyl groups is 1. The number of piperidine rings is 1. The Kier molecular flexibility index (Phi) is 7.72. The number of hydrogen-bond donors (Lipinski definition) is 1. The summed E-state index contributed by atoms with van der Waals surface area (Å²) in [6, 6.07) is 10.8. The van der Waals surface area contributed by atoms with E-state index in [2.05, 4.69) is 0 Å². The molecule has 2 fully saturated rings. The molecule has 2 amide bonds. The third-order valence-corrected chi connectivity index (χ3v) is 7.66. The highest BCUT2D eigenvalue weighted by Gasteiger charge is 2.55. The van der Waals surface area contributed by atoms with E-state index in [1.54, 1.807) is 25.2 Å². The fourth-order valence-electron chi connectivity index (χ4n) is 5.54. The maximum Gasteiger partial charge on any atom is 0.410 e. The molecule has 2 aromatic rings. The lowest BCUT2D eigenvalue weighted by Crippen LogP contribution is -2.64. The second-order valence-corrected chi connectivity index (χ2v) is 11.7. The summed E-state index contributed by atoms with van der Waals surface area (Å²) in [7, 11) is 3.34. The summed E-state index contributed by atoms with van der Waals surface area (Å²) in [6.07, 6.45) is 2.52. The summed E-state index contributed by atoms with van der Waals surface area (Å²) in [5, 5.41) is 12.2. The van der Waals surface area contributed by atoms with Gasteiger partial charge in [0.05, 0.1) is 17.7 Å². The van der Waals surface area contributed by atoms with Crippen LogP contribution in [0.3, 0.4) is 0 Å². The minimum Gasteiger partial charge on any atom is -0.444 e. The highest BCUT2D eigenvalue weighted by molar-refractivity contribution is 6.00. The molecule has 1 N–H and O–H groups in total. The topological polar surface area (TPSA) is 101 Å². The number of ether oxygens (including phenoxy) is 2. The zero-order valence-electron chi connectivity index (χ0n) is 23.0. The van der Waals surface area contributed by atoms with Gasteiger partial charge in [-0.2, -0.15) is 0 Å². The van der Waals surface area contributed by atoms with Crippen LogP contribution < -0.4 is 5.56 Å². The average molecular weight is 526 g/mol. The molecule has 3 heterocycles. The fourth-order valence-corrected chi connectivity index (χ4v) is 5.54. The number of carbonyl (C=O) groups is 2. The third kappa shape index (κ3) is 5.63. The van der Waals surface area contributed by atoms with Crippen molar-refractivity contribution in [3.05, 3.63) is 58.5 Å². The van der Waals surface area contributed by atoms with E-state index < -0.39 is 22.7 Å². The van der Waals surface area contributed by atoms with Gasteiger partial charge in [-0.1, -0.05) is 30.3 Å². The summed E-state index contributed by atoms with van der Waals surface area (Å²) in [5.41, 5.74) is -1.18. The minimum atomic E-state index is -1.29. The van der Waals surface area contributed by atoms with Crippen molar-refractivity contribution >= 4 is 12.0 Å². The first-order valence-corrected chi connectivity index (χ1v) is 13.1. The number of carbonyl (C=O) groups excluding carboxylic acids is 2. The predicted molar refractivity (Wildman–Crippen MR) is 144 cm³/mol. The Morgan fingerprint density at radius 1 is 1.11 bits per heavy atom. The molecule has 2 aliphatic rings. The van der Waals surface area contributed by atoms with Crippen molar-refractivity contribution < 1.29 is 24.2 Å². The highest BCUT2D eigenvalue weighted by atomic mass is 16.6. The Morgan fingerprint density at radius 2 is 1.76 bits per heavy atom. The van der Waals surface area contributed by atoms with Crippen LogP contribution in [0.25, 0.3) is 11.1 Å². The molecule has 1 aromatic heterocycles. The van der Waals surface area contributed by atoms with Gasteiger partial charge >= 0.3 is 6.09 Å². The van der Waals surface area contributed by atoms with Gasteiger partial charge in [0.25, 0.3) is 11.5 Å². The molecule has 1 aromatic carbocycles. The summed E-state index contributed by atoms with van der Waals surface area (Å²) in [4.78, 5) is 42.6. The number of benzene rings is 1. The van der Waals surface area contributed by atoms with E-state index in [-0.39, 0.29) is 24.4 Å². The molecule has 0 radical (unpaired) electrons. The molecule has 38 heavy (non-hydrogen) atoms. The van der Waals surface area contributed by atoms with Crippen molar-refractivity contribution in [3.8, 4) is 11.1 Å². The van der Waals surface area contributed by atoms with E-state index >= 15 is 0 Å². The van der Waals surface area contributed by atoms with Crippen LogP contribution in [0.15, 0.2) is 47.4 Å². The van der Waals surface area contributed by atoms with Gasteiger partial charge in [-0.15, -0.1) is 0 Å². The monoisotopic (exact) mass is 525 g/mol. The Morgan fingerprint density at radius 3 is 2.37 bits per heavy atom. The number of rotatable bonds is 4. The smallest absolute Gasteiger partial charge is 0.410 e. The van der Waals surface area contributed by atoms with E-state index in [4.69, 9.17) is 9.47 Å².